The van der Waals surface area contributed by atoms with Crippen LogP contribution in [0, 0.1) is 5.92 Å². The highest BCUT2D eigenvalue weighted by molar-refractivity contribution is 5.07. The number of imidazole rings is 1. The topological polar surface area (TPSA) is 60.6 Å². The van der Waals surface area contributed by atoms with Gasteiger partial charge in [-0.3, -0.25) is 0 Å². The summed E-state index contributed by atoms with van der Waals surface area (Å²) in [4.78, 5) is 8.55. The van der Waals surface area contributed by atoms with Gasteiger partial charge in [-0.25, -0.2) is 14.6 Å². The first-order valence-electron chi connectivity index (χ1n) is 6.62. The molecule has 0 radical (unpaired) electrons. The minimum atomic E-state index is 0.197. The molecule has 0 aliphatic heterocycles. The third-order valence-electron chi connectivity index (χ3n) is 3.18. The van der Waals surface area contributed by atoms with E-state index in [4.69, 9.17) is 0 Å². The van der Waals surface area contributed by atoms with Gasteiger partial charge in [0.15, 0.2) is 0 Å². The molecule has 0 saturated carbocycles. The average molecular weight is 262 g/mol. The summed E-state index contributed by atoms with van der Waals surface area (Å²) >= 11 is 0. The van der Waals surface area contributed by atoms with E-state index in [1.54, 1.807) is 6.33 Å². The van der Waals surface area contributed by atoms with E-state index in [0.29, 0.717) is 5.92 Å². The van der Waals surface area contributed by atoms with Crippen molar-refractivity contribution in [3.63, 3.8) is 0 Å². The van der Waals surface area contributed by atoms with Crippen molar-refractivity contribution in [3.05, 3.63) is 30.4 Å². The zero-order valence-electron chi connectivity index (χ0n) is 12.0. The highest BCUT2D eigenvalue weighted by Crippen LogP contribution is 2.16. The number of aromatic nitrogens is 5. The van der Waals surface area contributed by atoms with Crippen molar-refractivity contribution in [2.45, 2.75) is 32.9 Å². The first-order chi connectivity index (χ1) is 9.11. The second-order valence-electron chi connectivity index (χ2n) is 5.23. The van der Waals surface area contributed by atoms with E-state index in [0.717, 1.165) is 24.5 Å². The summed E-state index contributed by atoms with van der Waals surface area (Å²) in [6.07, 6.45) is 6.15. The van der Waals surface area contributed by atoms with Gasteiger partial charge in [-0.15, -0.1) is 0 Å². The fourth-order valence-corrected chi connectivity index (χ4v) is 2.18. The van der Waals surface area contributed by atoms with Crippen LogP contribution in [0.25, 0.3) is 0 Å². The predicted octanol–water partition coefficient (Wildman–Crippen LogP) is 1.17. The third-order valence-corrected chi connectivity index (χ3v) is 3.18. The molecule has 104 valence electrons. The number of rotatable bonds is 6. The molecular weight excluding hydrogens is 240 g/mol. The molecule has 2 rings (SSSR count). The summed E-state index contributed by atoms with van der Waals surface area (Å²) in [6, 6.07) is 0.197. The molecule has 2 aromatic rings. The van der Waals surface area contributed by atoms with E-state index in [1.165, 1.54) is 0 Å². The van der Waals surface area contributed by atoms with E-state index in [1.807, 2.05) is 35.9 Å². The molecule has 2 heterocycles. The monoisotopic (exact) mass is 262 g/mol. The number of hydrogen-bond acceptors (Lipinski definition) is 4. The van der Waals surface area contributed by atoms with Crippen LogP contribution >= 0.6 is 0 Å². The third kappa shape index (κ3) is 3.20. The fourth-order valence-electron chi connectivity index (χ4n) is 2.18. The van der Waals surface area contributed by atoms with Gasteiger partial charge in [0.2, 0.25) is 0 Å². The molecule has 1 N–H and O–H groups in total. The Kier molecular flexibility index (Phi) is 4.31. The first kappa shape index (κ1) is 13.7. The number of likely N-dealkylation sites (N-methyl/N-ethyl adjacent to an activating group) is 1. The van der Waals surface area contributed by atoms with Crippen LogP contribution in [0.15, 0.2) is 18.9 Å². The van der Waals surface area contributed by atoms with Crippen molar-refractivity contribution in [3.8, 4) is 0 Å². The van der Waals surface area contributed by atoms with Gasteiger partial charge >= 0.3 is 0 Å². The normalized spacial score (nSPS) is 13.1. The van der Waals surface area contributed by atoms with Crippen LogP contribution in [0.2, 0.25) is 0 Å². The molecule has 1 unspecified atom stereocenters. The van der Waals surface area contributed by atoms with Crippen LogP contribution in [0.1, 0.15) is 31.4 Å². The Hall–Kier alpha value is -1.69. The lowest BCUT2D eigenvalue weighted by molar-refractivity contribution is 0.447. The smallest absolute Gasteiger partial charge is 0.138 e. The Morgan fingerprint density at radius 3 is 2.74 bits per heavy atom. The van der Waals surface area contributed by atoms with Crippen molar-refractivity contribution in [2.24, 2.45) is 13.0 Å². The molecule has 0 amide bonds. The van der Waals surface area contributed by atoms with Gasteiger partial charge in [0.1, 0.15) is 12.2 Å². The van der Waals surface area contributed by atoms with Crippen molar-refractivity contribution in [1.29, 1.82) is 0 Å². The summed E-state index contributed by atoms with van der Waals surface area (Å²) in [7, 11) is 3.96. The lowest BCUT2D eigenvalue weighted by Gasteiger charge is -2.17. The van der Waals surface area contributed by atoms with Crippen LogP contribution in [-0.4, -0.2) is 31.4 Å². The van der Waals surface area contributed by atoms with Crippen LogP contribution in [0.3, 0.4) is 0 Å². The van der Waals surface area contributed by atoms with E-state index in [2.05, 4.69) is 34.2 Å². The molecular formula is C13H22N6. The Bertz CT molecular complexity index is 513. The van der Waals surface area contributed by atoms with Crippen LogP contribution in [0.4, 0.5) is 0 Å². The summed E-state index contributed by atoms with van der Waals surface area (Å²) in [6.45, 7) is 5.27. The summed E-state index contributed by atoms with van der Waals surface area (Å²) in [5, 5.41) is 7.62. The minimum Gasteiger partial charge on any atom is -0.336 e. The first-order valence-corrected chi connectivity index (χ1v) is 6.62. The molecule has 0 saturated heterocycles. The zero-order chi connectivity index (χ0) is 13.8. The van der Waals surface area contributed by atoms with Crippen molar-refractivity contribution in [1.82, 2.24) is 29.6 Å². The number of hydrogen-bond donors (Lipinski definition) is 1. The molecule has 6 nitrogen and oxygen atoms in total. The molecule has 1 atom stereocenters. The summed E-state index contributed by atoms with van der Waals surface area (Å²) < 4.78 is 4.02. The molecule has 0 aromatic carbocycles. The van der Waals surface area contributed by atoms with Gasteiger partial charge in [0.25, 0.3) is 0 Å². The van der Waals surface area contributed by atoms with Crippen molar-refractivity contribution < 1.29 is 0 Å². The Morgan fingerprint density at radius 1 is 1.37 bits per heavy atom. The average Bonchev–Trinajstić information content (AvgIpc) is 2.95. The lowest BCUT2D eigenvalue weighted by Crippen LogP contribution is -2.23. The highest BCUT2D eigenvalue weighted by Gasteiger charge is 2.17. The maximum atomic E-state index is 4.38. The van der Waals surface area contributed by atoms with Gasteiger partial charge < -0.3 is 9.88 Å². The van der Waals surface area contributed by atoms with E-state index in [-0.39, 0.29) is 6.04 Å². The largest absolute Gasteiger partial charge is 0.336 e. The highest BCUT2D eigenvalue weighted by atomic mass is 15.3. The van der Waals surface area contributed by atoms with Gasteiger partial charge in [0.05, 0.1) is 18.1 Å². The van der Waals surface area contributed by atoms with Gasteiger partial charge in [-0.2, -0.15) is 5.10 Å². The molecule has 19 heavy (non-hydrogen) atoms. The van der Waals surface area contributed by atoms with E-state index < -0.39 is 0 Å². The molecule has 0 bridgehead atoms. The van der Waals surface area contributed by atoms with Gasteiger partial charge in [-0.05, 0) is 13.0 Å². The molecule has 0 fully saturated rings. The summed E-state index contributed by atoms with van der Waals surface area (Å²) in [5.41, 5.74) is 1.15. The summed E-state index contributed by atoms with van der Waals surface area (Å²) in [5.74, 6) is 1.57. The SMILES string of the molecule is CNC(Cc1ncnn1CC(C)C)c1cncn1C. The number of nitrogens with zero attached hydrogens (tertiary/aromatic N) is 5. The number of aryl methyl sites for hydroxylation is 1. The van der Waals surface area contributed by atoms with Crippen LogP contribution in [-0.2, 0) is 20.0 Å². The standard InChI is InChI=1S/C13H22N6/c1-10(2)7-19-13(16-8-17-19)5-11(14-3)12-6-15-9-18(12)4/h6,8-11,14H,5,7H2,1-4H3. The zero-order valence-corrected chi connectivity index (χ0v) is 12.0. The molecule has 0 spiro atoms. The lowest BCUT2D eigenvalue weighted by atomic mass is 10.1. The molecule has 2 aromatic heterocycles. The van der Waals surface area contributed by atoms with E-state index >= 15 is 0 Å². The van der Waals surface area contributed by atoms with Crippen molar-refractivity contribution in [2.75, 3.05) is 7.05 Å². The Balaban J connectivity index is 2.15. The van der Waals surface area contributed by atoms with Crippen LogP contribution in [0.5, 0.6) is 0 Å². The second kappa shape index (κ2) is 5.97. The maximum Gasteiger partial charge on any atom is 0.138 e. The Morgan fingerprint density at radius 2 is 2.16 bits per heavy atom. The molecule has 0 aliphatic rings. The van der Waals surface area contributed by atoms with Crippen molar-refractivity contribution >= 4 is 0 Å². The fraction of sp³-hybridized carbons (Fsp3) is 0.615. The number of nitrogens with one attached hydrogen (secondary N) is 1. The predicted molar refractivity (Wildman–Crippen MR) is 73.6 cm³/mol. The minimum absolute atomic E-state index is 0.197. The molecule has 6 heteroatoms. The quantitative estimate of drug-likeness (QED) is 0.849. The molecule has 0 aliphatic carbocycles. The maximum absolute atomic E-state index is 4.38. The second-order valence-corrected chi connectivity index (χ2v) is 5.23. The Labute approximate surface area is 113 Å². The van der Waals surface area contributed by atoms with Gasteiger partial charge in [-0.1, -0.05) is 13.8 Å². The van der Waals surface area contributed by atoms with Gasteiger partial charge in [0, 0.05) is 26.2 Å². The van der Waals surface area contributed by atoms with E-state index in [9.17, 15) is 0 Å². The van der Waals surface area contributed by atoms with Crippen LogP contribution < -0.4 is 5.32 Å².